The summed E-state index contributed by atoms with van der Waals surface area (Å²) in [6.45, 7) is 0.581. The topological polar surface area (TPSA) is 72.0 Å². The smallest absolute Gasteiger partial charge is 0.306 e. The average Bonchev–Trinajstić information content (AvgIpc) is 3.25. The van der Waals surface area contributed by atoms with Gasteiger partial charge in [0.1, 0.15) is 10.7 Å². The highest BCUT2D eigenvalue weighted by Gasteiger charge is 2.21. The van der Waals surface area contributed by atoms with E-state index in [1.54, 1.807) is 23.1 Å². The minimum atomic E-state index is -0.111. The molecule has 1 N–H and O–H groups in total. The van der Waals surface area contributed by atoms with Crippen LogP contribution in [0.2, 0.25) is 0 Å². The second-order valence-corrected chi connectivity index (χ2v) is 9.73. The first-order valence-corrected chi connectivity index (χ1v) is 11.9. The summed E-state index contributed by atoms with van der Waals surface area (Å²) in [5.41, 5.74) is 1.20. The van der Waals surface area contributed by atoms with Crippen molar-refractivity contribution in [2.45, 2.75) is 63.5 Å². The monoisotopic (exact) mass is 406 g/mol. The van der Waals surface area contributed by atoms with E-state index in [2.05, 4.69) is 9.97 Å². The van der Waals surface area contributed by atoms with Crippen molar-refractivity contribution in [3.8, 4) is 0 Å². The molecule has 2 aromatic heterocycles. The molecule has 4 rings (SSSR count). The van der Waals surface area contributed by atoms with E-state index in [-0.39, 0.29) is 11.5 Å². The zero-order valence-electron chi connectivity index (χ0n) is 15.6. The van der Waals surface area contributed by atoms with Gasteiger partial charge in [0, 0.05) is 10.6 Å². The van der Waals surface area contributed by atoms with Crippen molar-refractivity contribution in [2.24, 2.45) is 5.92 Å². The van der Waals surface area contributed by atoms with E-state index in [0.717, 1.165) is 29.5 Å². The van der Waals surface area contributed by atoms with E-state index >= 15 is 0 Å². The van der Waals surface area contributed by atoms with Crippen LogP contribution in [0.4, 0.5) is 0 Å². The Morgan fingerprint density at radius 3 is 2.93 bits per heavy atom. The van der Waals surface area contributed by atoms with Crippen molar-refractivity contribution >= 4 is 39.3 Å². The number of thioether (sulfide) groups is 1. The summed E-state index contributed by atoms with van der Waals surface area (Å²) in [7, 11) is 0. The number of thiophene rings is 1. The van der Waals surface area contributed by atoms with E-state index in [1.165, 1.54) is 42.5 Å². The molecule has 0 unspecified atom stereocenters. The zero-order valence-corrected chi connectivity index (χ0v) is 17.2. The SMILES string of the molecule is O=C(CCSCc1nc2sc3c(c2c(=O)[nH]1)CCC3)OCC1CCCCC1. The molecule has 0 amide bonds. The first kappa shape index (κ1) is 19.0. The van der Waals surface area contributed by atoms with E-state index in [4.69, 9.17) is 4.74 Å². The van der Waals surface area contributed by atoms with Crippen LogP contribution in [0.5, 0.6) is 0 Å². The average molecular weight is 407 g/mol. The summed E-state index contributed by atoms with van der Waals surface area (Å²) in [6, 6.07) is 0. The predicted octanol–water partition coefficient (Wildman–Crippen LogP) is 4.22. The fourth-order valence-electron chi connectivity index (χ4n) is 4.08. The number of H-pyrrole nitrogens is 1. The number of ether oxygens (including phenoxy) is 1. The number of aryl methyl sites for hydroxylation is 2. The number of hydrogen-bond acceptors (Lipinski definition) is 6. The summed E-state index contributed by atoms with van der Waals surface area (Å²) in [4.78, 5) is 34.1. The molecule has 146 valence electrons. The second-order valence-electron chi connectivity index (χ2n) is 7.54. The normalized spacial score (nSPS) is 17.3. The minimum Gasteiger partial charge on any atom is -0.465 e. The number of nitrogens with zero attached hydrogens (tertiary/aromatic N) is 1. The highest BCUT2D eigenvalue weighted by Crippen LogP contribution is 2.34. The molecule has 0 bridgehead atoms. The lowest BCUT2D eigenvalue weighted by atomic mass is 9.90. The van der Waals surface area contributed by atoms with Gasteiger partial charge in [-0.15, -0.1) is 11.3 Å². The molecule has 0 radical (unpaired) electrons. The Morgan fingerprint density at radius 1 is 1.22 bits per heavy atom. The van der Waals surface area contributed by atoms with Crippen LogP contribution in [-0.4, -0.2) is 28.3 Å². The number of carbonyl (C=O) groups excluding carboxylic acids is 1. The quantitative estimate of drug-likeness (QED) is 0.551. The third-order valence-electron chi connectivity index (χ3n) is 5.52. The largest absolute Gasteiger partial charge is 0.465 e. The van der Waals surface area contributed by atoms with Crippen LogP contribution in [0, 0.1) is 5.92 Å². The van der Waals surface area contributed by atoms with Gasteiger partial charge in [-0.25, -0.2) is 4.98 Å². The molecule has 2 aliphatic carbocycles. The van der Waals surface area contributed by atoms with Gasteiger partial charge in [0.25, 0.3) is 5.56 Å². The molecule has 1 saturated carbocycles. The highest BCUT2D eigenvalue weighted by molar-refractivity contribution is 7.98. The van der Waals surface area contributed by atoms with Gasteiger partial charge in [0.05, 0.1) is 24.2 Å². The van der Waals surface area contributed by atoms with Gasteiger partial charge < -0.3 is 9.72 Å². The zero-order chi connectivity index (χ0) is 18.6. The number of esters is 1. The van der Waals surface area contributed by atoms with Crippen LogP contribution in [0.15, 0.2) is 4.79 Å². The van der Waals surface area contributed by atoms with Crippen molar-refractivity contribution in [2.75, 3.05) is 12.4 Å². The molecular weight excluding hydrogens is 380 g/mol. The Labute approximate surface area is 167 Å². The molecule has 0 atom stereocenters. The molecule has 27 heavy (non-hydrogen) atoms. The van der Waals surface area contributed by atoms with Gasteiger partial charge in [0.2, 0.25) is 0 Å². The molecule has 2 aliphatic rings. The second kappa shape index (κ2) is 8.78. The number of aromatic amines is 1. The van der Waals surface area contributed by atoms with Crippen molar-refractivity contribution < 1.29 is 9.53 Å². The Hall–Kier alpha value is -1.34. The number of carbonyl (C=O) groups is 1. The lowest BCUT2D eigenvalue weighted by Gasteiger charge is -2.20. The minimum absolute atomic E-state index is 0.0121. The standard InChI is InChI=1S/C20H26N2O3S2/c23-17(25-11-13-5-2-1-3-6-13)9-10-26-12-16-21-19(24)18-14-7-4-8-15(14)27-20(18)22-16/h13H,1-12H2,(H,21,22,24). The number of hydrogen-bond donors (Lipinski definition) is 1. The summed E-state index contributed by atoms with van der Waals surface area (Å²) < 4.78 is 5.42. The lowest BCUT2D eigenvalue weighted by molar-refractivity contribution is -0.144. The van der Waals surface area contributed by atoms with Crippen LogP contribution in [-0.2, 0) is 28.1 Å². The van der Waals surface area contributed by atoms with Gasteiger partial charge in [-0.3, -0.25) is 9.59 Å². The molecule has 2 aromatic rings. The van der Waals surface area contributed by atoms with E-state index in [0.29, 0.717) is 36.3 Å². The van der Waals surface area contributed by atoms with Crippen LogP contribution >= 0.6 is 23.1 Å². The molecule has 7 heteroatoms. The van der Waals surface area contributed by atoms with Crippen molar-refractivity contribution in [1.82, 2.24) is 9.97 Å². The first-order valence-electron chi connectivity index (χ1n) is 9.97. The van der Waals surface area contributed by atoms with Gasteiger partial charge in [-0.2, -0.15) is 11.8 Å². The Morgan fingerprint density at radius 2 is 2.07 bits per heavy atom. The summed E-state index contributed by atoms with van der Waals surface area (Å²) in [5, 5.41) is 0.799. The molecular formula is C20H26N2O3S2. The van der Waals surface area contributed by atoms with Crippen LogP contribution < -0.4 is 5.56 Å². The molecule has 0 saturated heterocycles. The van der Waals surface area contributed by atoms with Crippen LogP contribution in [0.25, 0.3) is 10.2 Å². The summed E-state index contributed by atoms with van der Waals surface area (Å²) in [6.07, 6.45) is 9.85. The maximum absolute atomic E-state index is 12.4. The van der Waals surface area contributed by atoms with Crippen LogP contribution in [0.3, 0.4) is 0 Å². The molecule has 0 spiro atoms. The maximum atomic E-state index is 12.4. The van der Waals surface area contributed by atoms with Crippen molar-refractivity contribution in [3.05, 3.63) is 26.6 Å². The maximum Gasteiger partial charge on any atom is 0.306 e. The fraction of sp³-hybridized carbons (Fsp3) is 0.650. The number of nitrogens with one attached hydrogen (secondary N) is 1. The van der Waals surface area contributed by atoms with E-state index in [9.17, 15) is 9.59 Å². The van der Waals surface area contributed by atoms with E-state index in [1.807, 2.05) is 0 Å². The third kappa shape index (κ3) is 4.57. The predicted molar refractivity (Wildman–Crippen MR) is 111 cm³/mol. The molecule has 0 aromatic carbocycles. The summed E-state index contributed by atoms with van der Waals surface area (Å²) >= 11 is 3.28. The van der Waals surface area contributed by atoms with Crippen molar-refractivity contribution in [1.29, 1.82) is 0 Å². The van der Waals surface area contributed by atoms with Crippen LogP contribution in [0.1, 0.15) is 61.2 Å². The third-order valence-corrected chi connectivity index (χ3v) is 7.67. The molecule has 5 nitrogen and oxygen atoms in total. The number of rotatable bonds is 7. The van der Waals surface area contributed by atoms with E-state index < -0.39 is 0 Å². The Balaban J connectivity index is 1.23. The lowest BCUT2D eigenvalue weighted by Crippen LogP contribution is -2.17. The number of fused-ring (bicyclic) bond motifs is 3. The Kier molecular flexibility index (Phi) is 6.18. The van der Waals surface area contributed by atoms with Crippen molar-refractivity contribution in [3.63, 3.8) is 0 Å². The highest BCUT2D eigenvalue weighted by atomic mass is 32.2. The summed E-state index contributed by atoms with van der Waals surface area (Å²) in [5.74, 6) is 2.45. The molecule has 0 aliphatic heterocycles. The first-order chi connectivity index (χ1) is 13.2. The van der Waals surface area contributed by atoms with Gasteiger partial charge >= 0.3 is 5.97 Å². The Bertz CT molecular complexity index is 868. The van der Waals surface area contributed by atoms with Gasteiger partial charge in [-0.1, -0.05) is 19.3 Å². The fourth-order valence-corrected chi connectivity index (χ4v) is 6.14. The van der Waals surface area contributed by atoms with Gasteiger partial charge in [-0.05, 0) is 43.6 Å². The molecule has 1 fully saturated rings. The van der Waals surface area contributed by atoms with Gasteiger partial charge in [0.15, 0.2) is 0 Å². The number of aromatic nitrogens is 2. The molecule has 2 heterocycles.